The van der Waals surface area contributed by atoms with Gasteiger partial charge in [-0.1, -0.05) is 31.3 Å². The summed E-state index contributed by atoms with van der Waals surface area (Å²) < 4.78 is 0. The Morgan fingerprint density at radius 1 is 1.38 bits per heavy atom. The Labute approximate surface area is 131 Å². The third kappa shape index (κ3) is 3.80. The average molecular weight is 305 g/mol. The Kier molecular flexibility index (Phi) is 5.31. The Bertz CT molecular complexity index is 524. The number of carbonyl (C=O) groups excluding carboxylic acids is 1. The second-order valence-corrected chi connectivity index (χ2v) is 5.97. The molecular weight excluding hydrogens is 282 g/mol. The van der Waals surface area contributed by atoms with E-state index in [0.29, 0.717) is 16.6 Å². The van der Waals surface area contributed by atoms with E-state index in [1.54, 1.807) is 6.07 Å². The molecule has 1 aliphatic rings. The molecule has 1 heterocycles. The van der Waals surface area contributed by atoms with Crippen molar-refractivity contribution in [3.05, 3.63) is 35.4 Å². The number of piperidine rings is 1. The third-order valence-corrected chi connectivity index (χ3v) is 4.50. The molecule has 0 radical (unpaired) electrons. The zero-order chi connectivity index (χ0) is 15.4. The first kappa shape index (κ1) is 15.9. The van der Waals surface area contributed by atoms with Gasteiger partial charge in [0.2, 0.25) is 0 Å². The molecule has 2 rings (SSSR count). The maximum Gasteiger partial charge on any atom is 0.253 e. The summed E-state index contributed by atoms with van der Waals surface area (Å²) in [5.41, 5.74) is 7.03. The minimum absolute atomic E-state index is 0.0445. The minimum atomic E-state index is 0.0445. The fraction of sp³-hybridized carbons (Fsp3) is 0.500. The van der Waals surface area contributed by atoms with Crippen LogP contribution in [0.5, 0.6) is 0 Å². The molecule has 0 aromatic heterocycles. The normalized spacial score (nSPS) is 16.7. The van der Waals surface area contributed by atoms with E-state index in [2.05, 4.69) is 11.8 Å². The maximum atomic E-state index is 12.6. The summed E-state index contributed by atoms with van der Waals surface area (Å²) in [6.45, 7) is 5.38. The number of hydrogen-bond acceptors (Lipinski definition) is 3. The van der Waals surface area contributed by atoms with Crippen LogP contribution in [0.25, 0.3) is 0 Å². The molecule has 21 heavy (non-hydrogen) atoms. The van der Waals surface area contributed by atoms with E-state index in [1.807, 2.05) is 30.1 Å². The first-order valence-corrected chi connectivity index (χ1v) is 7.83. The SMILES string of the molecule is CCN1CCC(N(C)C(=O)c2cccc(C(N)=S)c2)CC1. The van der Waals surface area contributed by atoms with Gasteiger partial charge in [0.15, 0.2) is 0 Å². The largest absolute Gasteiger partial charge is 0.389 e. The number of carbonyl (C=O) groups is 1. The standard InChI is InChI=1S/C16H23N3OS/c1-3-19-9-7-14(8-10-19)18(2)16(20)13-6-4-5-12(11-13)15(17)21/h4-6,11,14H,3,7-10H2,1-2H3,(H2,17,21). The zero-order valence-corrected chi connectivity index (χ0v) is 13.5. The number of benzene rings is 1. The van der Waals surface area contributed by atoms with Crippen molar-refractivity contribution in [2.24, 2.45) is 5.73 Å². The van der Waals surface area contributed by atoms with Gasteiger partial charge in [-0.25, -0.2) is 0 Å². The van der Waals surface area contributed by atoms with Crippen molar-refractivity contribution >= 4 is 23.1 Å². The first-order valence-electron chi connectivity index (χ1n) is 7.42. The highest BCUT2D eigenvalue weighted by Crippen LogP contribution is 2.18. The Morgan fingerprint density at radius 2 is 2.00 bits per heavy atom. The van der Waals surface area contributed by atoms with Crippen molar-refractivity contribution in [1.82, 2.24) is 9.80 Å². The quantitative estimate of drug-likeness (QED) is 0.863. The van der Waals surface area contributed by atoms with Crippen molar-refractivity contribution in [2.45, 2.75) is 25.8 Å². The molecule has 1 fully saturated rings. The van der Waals surface area contributed by atoms with E-state index in [9.17, 15) is 4.79 Å². The summed E-state index contributed by atoms with van der Waals surface area (Å²) in [7, 11) is 1.89. The molecule has 0 unspecified atom stereocenters. The van der Waals surface area contributed by atoms with Gasteiger partial charge in [-0.15, -0.1) is 0 Å². The third-order valence-electron chi connectivity index (χ3n) is 4.27. The van der Waals surface area contributed by atoms with Crippen LogP contribution in [-0.4, -0.2) is 53.4 Å². The molecule has 0 saturated carbocycles. The van der Waals surface area contributed by atoms with Crippen molar-refractivity contribution in [3.8, 4) is 0 Å². The lowest BCUT2D eigenvalue weighted by atomic mass is 10.0. The number of amides is 1. The lowest BCUT2D eigenvalue weighted by Gasteiger charge is -2.36. The smallest absolute Gasteiger partial charge is 0.253 e. The molecule has 114 valence electrons. The lowest BCUT2D eigenvalue weighted by Crippen LogP contribution is -2.45. The summed E-state index contributed by atoms with van der Waals surface area (Å²) in [5.74, 6) is 0.0445. The molecule has 1 amide bonds. The molecule has 1 aromatic carbocycles. The first-order chi connectivity index (χ1) is 10.0. The molecule has 1 aliphatic heterocycles. The van der Waals surface area contributed by atoms with Gasteiger partial charge < -0.3 is 15.5 Å². The predicted octanol–water partition coefficient (Wildman–Crippen LogP) is 1.88. The molecule has 0 spiro atoms. The van der Waals surface area contributed by atoms with E-state index in [4.69, 9.17) is 18.0 Å². The Hall–Kier alpha value is -1.46. The van der Waals surface area contributed by atoms with E-state index in [0.717, 1.165) is 38.0 Å². The molecule has 0 aliphatic carbocycles. The van der Waals surface area contributed by atoms with Gasteiger partial charge in [-0.3, -0.25) is 4.79 Å². The van der Waals surface area contributed by atoms with Gasteiger partial charge in [0.25, 0.3) is 5.91 Å². The molecule has 2 N–H and O–H groups in total. The van der Waals surface area contributed by atoms with Crippen LogP contribution in [0, 0.1) is 0 Å². The van der Waals surface area contributed by atoms with Crippen LogP contribution in [0.1, 0.15) is 35.7 Å². The highest BCUT2D eigenvalue weighted by molar-refractivity contribution is 7.80. The molecule has 1 saturated heterocycles. The summed E-state index contributed by atoms with van der Waals surface area (Å²) in [5, 5.41) is 0. The zero-order valence-electron chi connectivity index (χ0n) is 12.7. The van der Waals surface area contributed by atoms with Gasteiger partial charge >= 0.3 is 0 Å². The lowest BCUT2D eigenvalue weighted by molar-refractivity contribution is 0.0647. The summed E-state index contributed by atoms with van der Waals surface area (Å²) >= 11 is 4.97. The van der Waals surface area contributed by atoms with Gasteiger partial charge in [-0.2, -0.15) is 0 Å². The summed E-state index contributed by atoms with van der Waals surface area (Å²) in [6, 6.07) is 7.58. The highest BCUT2D eigenvalue weighted by atomic mass is 32.1. The Morgan fingerprint density at radius 3 is 2.57 bits per heavy atom. The van der Waals surface area contributed by atoms with Crippen LogP contribution < -0.4 is 5.73 Å². The van der Waals surface area contributed by atoms with Gasteiger partial charge in [0.05, 0.1) is 0 Å². The van der Waals surface area contributed by atoms with Crippen LogP contribution in [-0.2, 0) is 0 Å². The fourth-order valence-corrected chi connectivity index (χ4v) is 2.92. The minimum Gasteiger partial charge on any atom is -0.389 e. The van der Waals surface area contributed by atoms with Crippen LogP contribution >= 0.6 is 12.2 Å². The second-order valence-electron chi connectivity index (χ2n) is 5.53. The molecule has 0 bridgehead atoms. The molecular formula is C16H23N3OS. The summed E-state index contributed by atoms with van der Waals surface area (Å²) in [6.07, 6.45) is 2.07. The Balaban J connectivity index is 2.06. The second kappa shape index (κ2) is 7.00. The number of nitrogens with zero attached hydrogens (tertiary/aromatic N) is 2. The maximum absolute atomic E-state index is 12.6. The highest BCUT2D eigenvalue weighted by Gasteiger charge is 2.25. The van der Waals surface area contributed by atoms with Crippen LogP contribution in [0.2, 0.25) is 0 Å². The van der Waals surface area contributed by atoms with Gasteiger partial charge in [0, 0.05) is 37.3 Å². The molecule has 5 heteroatoms. The van der Waals surface area contributed by atoms with Crippen molar-refractivity contribution in [3.63, 3.8) is 0 Å². The van der Waals surface area contributed by atoms with E-state index < -0.39 is 0 Å². The number of nitrogens with two attached hydrogens (primary N) is 1. The molecule has 4 nitrogen and oxygen atoms in total. The van der Waals surface area contributed by atoms with Crippen molar-refractivity contribution < 1.29 is 4.79 Å². The van der Waals surface area contributed by atoms with Crippen LogP contribution in [0.15, 0.2) is 24.3 Å². The van der Waals surface area contributed by atoms with Crippen molar-refractivity contribution in [2.75, 3.05) is 26.7 Å². The van der Waals surface area contributed by atoms with Crippen molar-refractivity contribution in [1.29, 1.82) is 0 Å². The topological polar surface area (TPSA) is 49.6 Å². The predicted molar refractivity (Wildman–Crippen MR) is 89.6 cm³/mol. The molecule has 0 atom stereocenters. The van der Waals surface area contributed by atoms with E-state index >= 15 is 0 Å². The average Bonchev–Trinajstić information content (AvgIpc) is 2.53. The summed E-state index contributed by atoms with van der Waals surface area (Å²) in [4.78, 5) is 17.2. The van der Waals surface area contributed by atoms with Gasteiger partial charge in [0.1, 0.15) is 4.99 Å². The number of likely N-dealkylation sites (tertiary alicyclic amines) is 1. The number of rotatable bonds is 4. The molecule has 1 aromatic rings. The number of thiocarbonyl (C=S) groups is 1. The number of hydrogen-bond donors (Lipinski definition) is 1. The monoisotopic (exact) mass is 305 g/mol. The fourth-order valence-electron chi connectivity index (χ4n) is 2.80. The van der Waals surface area contributed by atoms with Gasteiger partial charge in [-0.05, 0) is 31.5 Å². The van der Waals surface area contributed by atoms with E-state index in [1.165, 1.54) is 0 Å². The van der Waals surface area contributed by atoms with Crippen LogP contribution in [0.4, 0.5) is 0 Å². The van der Waals surface area contributed by atoms with E-state index in [-0.39, 0.29) is 5.91 Å². The van der Waals surface area contributed by atoms with Crippen LogP contribution in [0.3, 0.4) is 0 Å².